The Morgan fingerprint density at radius 2 is 2.04 bits per heavy atom. The monoisotopic (exact) mass is 398 g/mol. The van der Waals surface area contributed by atoms with Crippen molar-refractivity contribution in [2.24, 2.45) is 0 Å². The highest BCUT2D eigenvalue weighted by Gasteiger charge is 2.30. The van der Waals surface area contributed by atoms with Gasteiger partial charge < -0.3 is 9.47 Å². The van der Waals surface area contributed by atoms with E-state index in [0.717, 1.165) is 49.5 Å². The molecule has 2 aliphatic heterocycles. The minimum absolute atomic E-state index is 0.0277. The highest BCUT2D eigenvalue weighted by atomic mass is 35.5. The molecular weight excluding hydrogens is 376 g/mol. The lowest BCUT2D eigenvalue weighted by molar-refractivity contribution is 0.0696. The predicted molar refractivity (Wildman–Crippen MR) is 106 cm³/mol. The second kappa shape index (κ2) is 7.20. The summed E-state index contributed by atoms with van der Waals surface area (Å²) in [5.74, 6) is 2.37. The Bertz CT molecular complexity index is 1030. The van der Waals surface area contributed by atoms with Crippen LogP contribution in [-0.2, 0) is 13.0 Å². The topological polar surface area (TPSA) is 68.3 Å². The van der Waals surface area contributed by atoms with Gasteiger partial charge in [-0.2, -0.15) is 5.10 Å². The number of aromatic nitrogens is 5. The highest BCUT2D eigenvalue weighted by molar-refractivity contribution is 6.30. The summed E-state index contributed by atoms with van der Waals surface area (Å²) in [5.41, 5.74) is 1.29. The standard InChI is InChI=1S/C20H23ClN6O/c21-15-7-10-27-16(11-15)12-17(24-27)20(28)25-8-4-5-14(13-25)19-23-22-18-6-2-1-3-9-26(18)19/h7,10-12,14H,1-6,8-9,13H2. The van der Waals surface area contributed by atoms with Crippen molar-refractivity contribution in [2.75, 3.05) is 13.1 Å². The van der Waals surface area contributed by atoms with Crippen LogP contribution in [0.15, 0.2) is 24.4 Å². The number of piperidine rings is 1. The second-order valence-corrected chi connectivity index (χ2v) is 8.21. The van der Waals surface area contributed by atoms with Gasteiger partial charge in [0.1, 0.15) is 11.6 Å². The summed E-state index contributed by atoms with van der Waals surface area (Å²) < 4.78 is 4.00. The lowest BCUT2D eigenvalue weighted by Gasteiger charge is -2.32. The number of nitrogens with zero attached hydrogens (tertiary/aromatic N) is 6. The normalized spacial score (nSPS) is 20.2. The molecule has 0 radical (unpaired) electrons. The van der Waals surface area contributed by atoms with E-state index in [2.05, 4.69) is 19.9 Å². The first-order chi connectivity index (χ1) is 13.7. The maximum atomic E-state index is 13.1. The molecule has 0 aromatic carbocycles. The Morgan fingerprint density at radius 3 is 2.96 bits per heavy atom. The van der Waals surface area contributed by atoms with Gasteiger partial charge in [0, 0.05) is 43.2 Å². The molecule has 1 saturated heterocycles. The Morgan fingerprint density at radius 1 is 1.11 bits per heavy atom. The van der Waals surface area contributed by atoms with Gasteiger partial charge >= 0.3 is 0 Å². The second-order valence-electron chi connectivity index (χ2n) is 7.77. The van der Waals surface area contributed by atoms with Crippen LogP contribution in [0.1, 0.15) is 60.2 Å². The number of amides is 1. The van der Waals surface area contributed by atoms with Gasteiger partial charge in [-0.1, -0.05) is 18.0 Å². The number of pyridine rings is 1. The van der Waals surface area contributed by atoms with Crippen LogP contribution in [0.25, 0.3) is 5.52 Å². The van der Waals surface area contributed by atoms with Crippen LogP contribution in [0.2, 0.25) is 5.02 Å². The van der Waals surface area contributed by atoms with E-state index in [0.29, 0.717) is 17.3 Å². The van der Waals surface area contributed by atoms with Crippen molar-refractivity contribution in [3.63, 3.8) is 0 Å². The van der Waals surface area contributed by atoms with Crippen molar-refractivity contribution >= 4 is 23.0 Å². The molecule has 1 fully saturated rings. The first-order valence-corrected chi connectivity index (χ1v) is 10.4. The number of halogens is 1. The van der Waals surface area contributed by atoms with E-state index < -0.39 is 0 Å². The van der Waals surface area contributed by atoms with Gasteiger partial charge in [-0.15, -0.1) is 10.2 Å². The smallest absolute Gasteiger partial charge is 0.274 e. The van der Waals surface area contributed by atoms with Crippen LogP contribution in [0.4, 0.5) is 0 Å². The summed E-state index contributed by atoms with van der Waals surface area (Å²) in [7, 11) is 0. The zero-order chi connectivity index (χ0) is 19.1. The Hall–Kier alpha value is -2.41. The number of rotatable bonds is 2. The maximum Gasteiger partial charge on any atom is 0.274 e. The molecular formula is C20H23ClN6O. The molecule has 8 heteroatoms. The molecule has 28 heavy (non-hydrogen) atoms. The average molecular weight is 399 g/mol. The Kier molecular flexibility index (Phi) is 4.55. The van der Waals surface area contributed by atoms with Crippen LogP contribution < -0.4 is 0 Å². The first kappa shape index (κ1) is 17.7. The minimum Gasteiger partial charge on any atom is -0.337 e. The number of carbonyl (C=O) groups is 1. The van der Waals surface area contributed by atoms with Crippen LogP contribution in [0.3, 0.4) is 0 Å². The number of hydrogen-bond donors (Lipinski definition) is 0. The summed E-state index contributed by atoms with van der Waals surface area (Å²) >= 11 is 6.05. The average Bonchev–Trinajstić information content (AvgIpc) is 3.24. The van der Waals surface area contributed by atoms with E-state index in [9.17, 15) is 4.79 Å². The van der Waals surface area contributed by atoms with E-state index in [1.165, 1.54) is 19.3 Å². The van der Waals surface area contributed by atoms with Crippen molar-refractivity contribution in [1.82, 2.24) is 29.3 Å². The fraction of sp³-hybridized carbons (Fsp3) is 0.500. The van der Waals surface area contributed by atoms with E-state index in [-0.39, 0.29) is 11.8 Å². The number of hydrogen-bond acceptors (Lipinski definition) is 4. The molecule has 0 N–H and O–H groups in total. The fourth-order valence-corrected chi connectivity index (χ4v) is 4.58. The number of carbonyl (C=O) groups excluding carboxylic acids is 1. The summed E-state index contributed by atoms with van der Waals surface area (Å²) in [4.78, 5) is 15.0. The van der Waals surface area contributed by atoms with E-state index in [1.807, 2.05) is 11.0 Å². The summed E-state index contributed by atoms with van der Waals surface area (Å²) in [5, 5.41) is 14.0. The zero-order valence-corrected chi connectivity index (χ0v) is 16.5. The zero-order valence-electron chi connectivity index (χ0n) is 15.7. The van der Waals surface area contributed by atoms with Crippen molar-refractivity contribution in [3.05, 3.63) is 46.8 Å². The third kappa shape index (κ3) is 3.17. The quantitative estimate of drug-likeness (QED) is 0.664. The van der Waals surface area contributed by atoms with Crippen molar-refractivity contribution < 1.29 is 4.79 Å². The third-order valence-corrected chi connectivity index (χ3v) is 6.09. The van der Waals surface area contributed by atoms with Crippen LogP contribution in [-0.4, -0.2) is 48.3 Å². The first-order valence-electron chi connectivity index (χ1n) is 10.1. The van der Waals surface area contributed by atoms with Crippen molar-refractivity contribution in [1.29, 1.82) is 0 Å². The molecule has 2 aliphatic rings. The minimum atomic E-state index is -0.0277. The molecule has 0 aliphatic carbocycles. The van der Waals surface area contributed by atoms with Crippen LogP contribution in [0, 0.1) is 0 Å². The molecule has 146 valence electrons. The molecule has 0 bridgehead atoms. The van der Waals surface area contributed by atoms with Gasteiger partial charge in [0.05, 0.1) is 5.52 Å². The van der Waals surface area contributed by atoms with Gasteiger partial charge in [0.2, 0.25) is 0 Å². The molecule has 1 atom stereocenters. The fourth-order valence-electron chi connectivity index (χ4n) is 4.42. The van der Waals surface area contributed by atoms with Crippen LogP contribution in [0.5, 0.6) is 0 Å². The molecule has 7 nitrogen and oxygen atoms in total. The predicted octanol–water partition coefficient (Wildman–Crippen LogP) is 3.33. The van der Waals surface area contributed by atoms with Gasteiger partial charge in [0.15, 0.2) is 5.69 Å². The molecule has 0 saturated carbocycles. The Labute approximate surface area is 168 Å². The van der Waals surface area contributed by atoms with Gasteiger partial charge in [0.25, 0.3) is 5.91 Å². The molecule has 1 amide bonds. The summed E-state index contributed by atoms with van der Waals surface area (Å²) in [6.07, 6.45) is 8.41. The summed E-state index contributed by atoms with van der Waals surface area (Å²) in [6.45, 7) is 2.42. The SMILES string of the molecule is O=C(c1cc2cc(Cl)ccn2n1)N1CCCC(c2nnc3n2CCCCC3)C1. The molecule has 5 heterocycles. The van der Waals surface area contributed by atoms with Gasteiger partial charge in [-0.05, 0) is 43.9 Å². The number of likely N-dealkylation sites (tertiary alicyclic amines) is 1. The third-order valence-electron chi connectivity index (χ3n) is 5.86. The molecule has 1 unspecified atom stereocenters. The molecule has 3 aromatic rings. The highest BCUT2D eigenvalue weighted by Crippen LogP contribution is 2.29. The van der Waals surface area contributed by atoms with Crippen molar-refractivity contribution in [3.8, 4) is 0 Å². The lowest BCUT2D eigenvalue weighted by atomic mass is 9.96. The summed E-state index contributed by atoms with van der Waals surface area (Å²) in [6, 6.07) is 5.39. The number of aryl methyl sites for hydroxylation is 1. The van der Waals surface area contributed by atoms with Crippen molar-refractivity contribution in [2.45, 2.75) is 51.0 Å². The van der Waals surface area contributed by atoms with Gasteiger partial charge in [-0.25, -0.2) is 4.52 Å². The molecule has 5 rings (SSSR count). The largest absolute Gasteiger partial charge is 0.337 e. The van der Waals surface area contributed by atoms with Gasteiger partial charge in [-0.3, -0.25) is 4.79 Å². The Balaban J connectivity index is 1.38. The molecule has 3 aromatic heterocycles. The number of fused-ring (bicyclic) bond motifs is 2. The van der Waals surface area contributed by atoms with E-state index in [1.54, 1.807) is 22.8 Å². The lowest BCUT2D eigenvalue weighted by Crippen LogP contribution is -2.40. The van der Waals surface area contributed by atoms with E-state index >= 15 is 0 Å². The maximum absolute atomic E-state index is 13.1. The van der Waals surface area contributed by atoms with E-state index in [4.69, 9.17) is 11.6 Å². The van der Waals surface area contributed by atoms with Crippen LogP contribution >= 0.6 is 11.6 Å². The molecule has 0 spiro atoms.